The molecule has 2 aromatic rings. The summed E-state index contributed by atoms with van der Waals surface area (Å²) in [5.74, 6) is -1.37. The number of carbonyl (C=O) groups excluding carboxylic acids is 1. The van der Waals surface area contributed by atoms with Gasteiger partial charge in [-0.05, 0) is 35.7 Å². The van der Waals surface area contributed by atoms with Gasteiger partial charge in [-0.3, -0.25) is 4.79 Å². The van der Waals surface area contributed by atoms with Crippen molar-refractivity contribution in [3.05, 3.63) is 58.9 Å². The molecule has 0 saturated heterocycles. The first-order valence-corrected chi connectivity index (χ1v) is 6.83. The van der Waals surface area contributed by atoms with Gasteiger partial charge in [0.25, 0.3) is 5.91 Å². The summed E-state index contributed by atoms with van der Waals surface area (Å²) < 4.78 is 13.4. The number of anilines is 2. The van der Waals surface area contributed by atoms with Gasteiger partial charge in [-0.25, -0.2) is 4.39 Å². The van der Waals surface area contributed by atoms with Crippen LogP contribution in [0.4, 0.5) is 15.8 Å². The molecule has 0 atom stereocenters. The van der Waals surface area contributed by atoms with Crippen LogP contribution in [0.15, 0.2) is 36.4 Å². The van der Waals surface area contributed by atoms with Gasteiger partial charge in [0.05, 0.1) is 5.56 Å². The molecular weight excluding hydrogens is 269 g/mol. The lowest BCUT2D eigenvalue weighted by Crippen LogP contribution is -2.13. The predicted octanol–water partition coefficient (Wildman–Crippen LogP) is 2.50. The fourth-order valence-electron chi connectivity index (χ4n) is 2.58. The van der Waals surface area contributed by atoms with Crippen LogP contribution in [0.3, 0.4) is 0 Å². The number of para-hydroxylation sites is 1. The fraction of sp³-hybridized carbons (Fsp3) is 0.188. The summed E-state index contributed by atoms with van der Waals surface area (Å²) in [6.07, 6.45) is 1.03. The SMILES string of the molecule is NC(=O)c1cc(NCc2cccc3c2NCC3)ccc1F. The van der Waals surface area contributed by atoms with Crippen molar-refractivity contribution in [2.75, 3.05) is 17.2 Å². The zero-order chi connectivity index (χ0) is 14.8. The van der Waals surface area contributed by atoms with Crippen molar-refractivity contribution in [3.63, 3.8) is 0 Å². The summed E-state index contributed by atoms with van der Waals surface area (Å²) in [4.78, 5) is 11.1. The summed E-state index contributed by atoms with van der Waals surface area (Å²) in [6.45, 7) is 1.55. The Balaban J connectivity index is 1.78. The third-order valence-corrected chi connectivity index (χ3v) is 3.65. The van der Waals surface area contributed by atoms with Crippen LogP contribution in [0.5, 0.6) is 0 Å². The van der Waals surface area contributed by atoms with Crippen molar-refractivity contribution in [1.82, 2.24) is 0 Å². The molecular formula is C16H16FN3O. The van der Waals surface area contributed by atoms with Crippen LogP contribution in [-0.4, -0.2) is 12.5 Å². The highest BCUT2D eigenvalue weighted by molar-refractivity contribution is 5.94. The number of fused-ring (bicyclic) bond motifs is 1. The van der Waals surface area contributed by atoms with E-state index in [2.05, 4.69) is 16.7 Å². The topological polar surface area (TPSA) is 67.2 Å². The highest BCUT2D eigenvalue weighted by Crippen LogP contribution is 2.27. The Labute approximate surface area is 122 Å². The van der Waals surface area contributed by atoms with Gasteiger partial charge >= 0.3 is 0 Å². The van der Waals surface area contributed by atoms with Gasteiger partial charge < -0.3 is 16.4 Å². The van der Waals surface area contributed by atoms with E-state index in [1.807, 2.05) is 12.1 Å². The van der Waals surface area contributed by atoms with E-state index in [1.165, 1.54) is 23.4 Å². The molecule has 21 heavy (non-hydrogen) atoms. The second kappa shape index (κ2) is 5.44. The molecule has 2 aromatic carbocycles. The van der Waals surface area contributed by atoms with Crippen LogP contribution in [0.2, 0.25) is 0 Å². The molecule has 0 spiro atoms. The number of primary amides is 1. The zero-order valence-corrected chi connectivity index (χ0v) is 11.4. The molecule has 1 heterocycles. The van der Waals surface area contributed by atoms with Gasteiger partial charge in [0.15, 0.2) is 0 Å². The zero-order valence-electron chi connectivity index (χ0n) is 11.4. The number of benzene rings is 2. The monoisotopic (exact) mass is 285 g/mol. The number of rotatable bonds is 4. The average Bonchev–Trinajstić information content (AvgIpc) is 2.95. The van der Waals surface area contributed by atoms with Gasteiger partial charge in [-0.2, -0.15) is 0 Å². The molecule has 0 saturated carbocycles. The van der Waals surface area contributed by atoms with Crippen molar-refractivity contribution >= 4 is 17.3 Å². The average molecular weight is 285 g/mol. The van der Waals surface area contributed by atoms with Crippen LogP contribution in [-0.2, 0) is 13.0 Å². The molecule has 5 heteroatoms. The first-order chi connectivity index (χ1) is 10.1. The Morgan fingerprint density at radius 3 is 3.00 bits per heavy atom. The van der Waals surface area contributed by atoms with Crippen LogP contribution in [0, 0.1) is 5.82 Å². The largest absolute Gasteiger partial charge is 0.384 e. The highest BCUT2D eigenvalue weighted by Gasteiger charge is 2.14. The molecule has 0 aliphatic carbocycles. The van der Waals surface area contributed by atoms with Gasteiger partial charge in [-0.1, -0.05) is 18.2 Å². The molecule has 0 fully saturated rings. The minimum atomic E-state index is -0.765. The van der Waals surface area contributed by atoms with E-state index in [9.17, 15) is 9.18 Å². The third kappa shape index (κ3) is 2.67. The first kappa shape index (κ1) is 13.4. The van der Waals surface area contributed by atoms with Crippen molar-refractivity contribution in [3.8, 4) is 0 Å². The fourth-order valence-corrected chi connectivity index (χ4v) is 2.58. The number of amides is 1. The van der Waals surface area contributed by atoms with E-state index in [0.717, 1.165) is 18.5 Å². The van der Waals surface area contributed by atoms with E-state index in [0.29, 0.717) is 12.2 Å². The molecule has 3 rings (SSSR count). The lowest BCUT2D eigenvalue weighted by atomic mass is 10.1. The third-order valence-electron chi connectivity index (χ3n) is 3.65. The standard InChI is InChI=1S/C16H16FN3O/c17-14-5-4-12(8-13(14)16(18)21)20-9-11-3-1-2-10-6-7-19-15(10)11/h1-5,8,19-20H,6-7,9H2,(H2,18,21). The predicted molar refractivity (Wildman–Crippen MR) is 80.9 cm³/mol. The molecule has 0 radical (unpaired) electrons. The Kier molecular flexibility index (Phi) is 3.48. The smallest absolute Gasteiger partial charge is 0.251 e. The number of nitrogens with one attached hydrogen (secondary N) is 2. The van der Waals surface area contributed by atoms with Crippen molar-refractivity contribution in [1.29, 1.82) is 0 Å². The number of halogens is 1. The second-order valence-electron chi connectivity index (χ2n) is 5.04. The Bertz CT molecular complexity index is 700. The maximum absolute atomic E-state index is 13.4. The van der Waals surface area contributed by atoms with E-state index < -0.39 is 11.7 Å². The van der Waals surface area contributed by atoms with Crippen LogP contribution in [0.1, 0.15) is 21.5 Å². The van der Waals surface area contributed by atoms with E-state index >= 15 is 0 Å². The summed E-state index contributed by atoms with van der Waals surface area (Å²) in [6, 6.07) is 10.5. The van der Waals surface area contributed by atoms with Crippen LogP contribution in [0.25, 0.3) is 0 Å². The maximum Gasteiger partial charge on any atom is 0.251 e. The Morgan fingerprint density at radius 2 is 2.19 bits per heavy atom. The summed E-state index contributed by atoms with van der Waals surface area (Å²) in [5.41, 5.74) is 9.34. The van der Waals surface area contributed by atoms with Crippen molar-refractivity contribution in [2.24, 2.45) is 5.73 Å². The van der Waals surface area contributed by atoms with Gasteiger partial charge in [-0.15, -0.1) is 0 Å². The summed E-state index contributed by atoms with van der Waals surface area (Å²) in [7, 11) is 0. The number of nitrogens with two attached hydrogens (primary N) is 1. The molecule has 108 valence electrons. The minimum Gasteiger partial charge on any atom is -0.384 e. The number of hydrogen-bond acceptors (Lipinski definition) is 3. The maximum atomic E-state index is 13.4. The molecule has 0 bridgehead atoms. The second-order valence-corrected chi connectivity index (χ2v) is 5.04. The molecule has 1 amide bonds. The molecule has 4 nitrogen and oxygen atoms in total. The first-order valence-electron chi connectivity index (χ1n) is 6.83. The van der Waals surface area contributed by atoms with Crippen molar-refractivity contribution < 1.29 is 9.18 Å². The van der Waals surface area contributed by atoms with E-state index in [4.69, 9.17) is 5.73 Å². The molecule has 4 N–H and O–H groups in total. The minimum absolute atomic E-state index is 0.101. The Hall–Kier alpha value is -2.56. The summed E-state index contributed by atoms with van der Waals surface area (Å²) in [5, 5.41) is 6.57. The molecule has 0 unspecified atom stereocenters. The van der Waals surface area contributed by atoms with E-state index in [1.54, 1.807) is 6.07 Å². The van der Waals surface area contributed by atoms with Crippen LogP contribution < -0.4 is 16.4 Å². The lowest BCUT2D eigenvalue weighted by molar-refractivity contribution is 0.0996. The van der Waals surface area contributed by atoms with Gasteiger partial charge in [0.2, 0.25) is 0 Å². The molecule has 0 aromatic heterocycles. The highest BCUT2D eigenvalue weighted by atomic mass is 19.1. The lowest BCUT2D eigenvalue weighted by Gasteiger charge is -2.12. The van der Waals surface area contributed by atoms with Gasteiger partial charge in [0.1, 0.15) is 5.82 Å². The summed E-state index contributed by atoms with van der Waals surface area (Å²) >= 11 is 0. The number of carbonyl (C=O) groups is 1. The van der Waals surface area contributed by atoms with Gasteiger partial charge in [0, 0.05) is 24.5 Å². The quantitative estimate of drug-likeness (QED) is 0.808. The van der Waals surface area contributed by atoms with Crippen molar-refractivity contribution in [2.45, 2.75) is 13.0 Å². The molecule has 1 aliphatic heterocycles. The molecule has 1 aliphatic rings. The normalized spacial score (nSPS) is 12.6. The Morgan fingerprint density at radius 1 is 1.33 bits per heavy atom. The van der Waals surface area contributed by atoms with E-state index in [-0.39, 0.29) is 5.56 Å². The van der Waals surface area contributed by atoms with Crippen LogP contribution >= 0.6 is 0 Å². The number of hydrogen-bond donors (Lipinski definition) is 3.